The monoisotopic (exact) mass is 216 g/mol. The van der Waals surface area contributed by atoms with Gasteiger partial charge in [0.05, 0.1) is 6.61 Å². The van der Waals surface area contributed by atoms with Gasteiger partial charge in [-0.05, 0) is 19.3 Å². The van der Waals surface area contributed by atoms with E-state index in [0.717, 1.165) is 12.8 Å². The minimum absolute atomic E-state index is 0.0554. The van der Waals surface area contributed by atoms with E-state index in [4.69, 9.17) is 5.11 Å². The second-order valence-corrected chi connectivity index (χ2v) is 3.34. The Bertz CT molecular complexity index is 232. The number of hydrogen-bond acceptors (Lipinski definition) is 4. The van der Waals surface area contributed by atoms with Crippen LogP contribution in [0.1, 0.15) is 19.3 Å². The highest BCUT2D eigenvalue weighted by molar-refractivity contribution is 5.85. The van der Waals surface area contributed by atoms with Gasteiger partial charge in [-0.1, -0.05) is 0 Å². The second-order valence-electron chi connectivity index (χ2n) is 3.34. The average Bonchev–Trinajstić information content (AvgIpc) is 2.42. The van der Waals surface area contributed by atoms with E-state index in [1.54, 1.807) is 0 Å². The van der Waals surface area contributed by atoms with Crippen LogP contribution < -0.4 is 10.6 Å². The molecule has 1 heterocycles. The molecule has 0 spiro atoms. The maximum Gasteiger partial charge on any atom is 0.407 e. The third kappa shape index (κ3) is 4.16. The maximum absolute atomic E-state index is 11.4. The maximum atomic E-state index is 11.4. The standard InChI is InChI=1S/C9H16N2O4/c12-5-6-15-9(14)11-7-3-1-2-4-10-8(7)13/h7,12H,1-6H2,(H,10,13)(H,11,14). The number of hydrogen-bond donors (Lipinski definition) is 3. The zero-order valence-electron chi connectivity index (χ0n) is 8.49. The SMILES string of the molecule is O=C(NC1CCCCNC1=O)OCCO. The Morgan fingerprint density at radius 1 is 1.60 bits per heavy atom. The molecule has 1 rings (SSSR count). The summed E-state index contributed by atoms with van der Waals surface area (Å²) in [5, 5.41) is 13.6. The van der Waals surface area contributed by atoms with Crippen LogP contribution in [0.3, 0.4) is 0 Å². The molecule has 2 amide bonds. The number of rotatable bonds is 3. The number of aliphatic hydroxyl groups excluding tert-OH is 1. The van der Waals surface area contributed by atoms with Crippen molar-refractivity contribution in [1.82, 2.24) is 10.6 Å². The molecule has 1 atom stereocenters. The number of carbonyl (C=O) groups excluding carboxylic acids is 2. The lowest BCUT2D eigenvalue weighted by Gasteiger charge is -2.14. The van der Waals surface area contributed by atoms with Gasteiger partial charge in [0.2, 0.25) is 5.91 Å². The highest BCUT2D eigenvalue weighted by Crippen LogP contribution is 2.05. The minimum atomic E-state index is -0.661. The van der Waals surface area contributed by atoms with Gasteiger partial charge in [-0.15, -0.1) is 0 Å². The number of nitrogens with one attached hydrogen (secondary N) is 2. The number of alkyl carbamates (subject to hydrolysis) is 1. The Morgan fingerprint density at radius 3 is 3.13 bits per heavy atom. The van der Waals surface area contributed by atoms with E-state index in [1.165, 1.54) is 0 Å². The van der Waals surface area contributed by atoms with E-state index in [2.05, 4.69) is 15.4 Å². The predicted octanol–water partition coefficient (Wildman–Crippen LogP) is -0.626. The molecule has 1 aliphatic heterocycles. The molecule has 1 aliphatic rings. The molecule has 6 heteroatoms. The first kappa shape index (κ1) is 11.8. The number of aliphatic hydroxyl groups is 1. The van der Waals surface area contributed by atoms with Gasteiger partial charge in [0, 0.05) is 6.54 Å². The lowest BCUT2D eigenvalue weighted by molar-refractivity contribution is -0.122. The molecule has 0 aromatic heterocycles. The number of ether oxygens (including phenoxy) is 1. The van der Waals surface area contributed by atoms with Crippen LogP contribution in [0.25, 0.3) is 0 Å². The molecule has 0 aromatic rings. The van der Waals surface area contributed by atoms with Crippen molar-refractivity contribution in [2.24, 2.45) is 0 Å². The van der Waals surface area contributed by atoms with Crippen LogP contribution in [0.4, 0.5) is 4.79 Å². The zero-order valence-corrected chi connectivity index (χ0v) is 8.49. The first-order valence-electron chi connectivity index (χ1n) is 5.06. The van der Waals surface area contributed by atoms with E-state index >= 15 is 0 Å². The fourth-order valence-corrected chi connectivity index (χ4v) is 1.40. The van der Waals surface area contributed by atoms with Crippen molar-refractivity contribution in [3.8, 4) is 0 Å². The zero-order chi connectivity index (χ0) is 11.1. The Balaban J connectivity index is 2.34. The van der Waals surface area contributed by atoms with Gasteiger partial charge in [0.25, 0.3) is 0 Å². The van der Waals surface area contributed by atoms with Crippen LogP contribution in [0.15, 0.2) is 0 Å². The van der Waals surface area contributed by atoms with E-state index in [9.17, 15) is 9.59 Å². The van der Waals surface area contributed by atoms with Crippen LogP contribution in [0.2, 0.25) is 0 Å². The summed E-state index contributed by atoms with van der Waals surface area (Å²) in [5.74, 6) is -0.173. The average molecular weight is 216 g/mol. The lowest BCUT2D eigenvalue weighted by atomic mass is 10.1. The molecule has 0 aliphatic carbocycles. The minimum Gasteiger partial charge on any atom is -0.447 e. The van der Waals surface area contributed by atoms with Crippen LogP contribution in [-0.2, 0) is 9.53 Å². The third-order valence-electron chi connectivity index (χ3n) is 2.15. The molecular weight excluding hydrogens is 200 g/mol. The number of carbonyl (C=O) groups is 2. The summed E-state index contributed by atoms with van der Waals surface area (Å²) >= 11 is 0. The quantitative estimate of drug-likeness (QED) is 0.586. The van der Waals surface area contributed by atoms with Crippen LogP contribution in [-0.4, -0.2) is 42.9 Å². The smallest absolute Gasteiger partial charge is 0.407 e. The summed E-state index contributed by atoms with van der Waals surface area (Å²) in [6, 6.07) is -0.515. The molecule has 6 nitrogen and oxygen atoms in total. The summed E-state index contributed by atoms with van der Waals surface area (Å²) < 4.78 is 4.60. The largest absolute Gasteiger partial charge is 0.447 e. The van der Waals surface area contributed by atoms with Crippen molar-refractivity contribution < 1.29 is 19.4 Å². The summed E-state index contributed by atoms with van der Waals surface area (Å²) in [7, 11) is 0. The molecule has 0 saturated carbocycles. The molecule has 15 heavy (non-hydrogen) atoms. The highest BCUT2D eigenvalue weighted by atomic mass is 16.6. The molecule has 1 unspecified atom stereocenters. The molecule has 0 radical (unpaired) electrons. The van der Waals surface area contributed by atoms with Gasteiger partial charge in [-0.2, -0.15) is 0 Å². The Morgan fingerprint density at radius 2 is 2.40 bits per heavy atom. The van der Waals surface area contributed by atoms with E-state index in [0.29, 0.717) is 13.0 Å². The van der Waals surface area contributed by atoms with Crippen molar-refractivity contribution in [3.63, 3.8) is 0 Å². The third-order valence-corrected chi connectivity index (χ3v) is 2.15. The van der Waals surface area contributed by atoms with Gasteiger partial charge < -0.3 is 20.5 Å². The van der Waals surface area contributed by atoms with Gasteiger partial charge >= 0.3 is 6.09 Å². The van der Waals surface area contributed by atoms with Crippen molar-refractivity contribution >= 4 is 12.0 Å². The summed E-state index contributed by atoms with van der Waals surface area (Å²) in [6.07, 6.45) is 1.78. The topological polar surface area (TPSA) is 87.7 Å². The molecule has 3 N–H and O–H groups in total. The second kappa shape index (κ2) is 6.23. The lowest BCUT2D eigenvalue weighted by Crippen LogP contribution is -2.45. The summed E-state index contributed by atoms with van der Waals surface area (Å²) in [6.45, 7) is 0.382. The van der Waals surface area contributed by atoms with Crippen LogP contribution in [0.5, 0.6) is 0 Å². The first-order chi connectivity index (χ1) is 7.24. The van der Waals surface area contributed by atoms with Gasteiger partial charge in [0.15, 0.2) is 0 Å². The number of amides is 2. The van der Waals surface area contributed by atoms with Crippen LogP contribution >= 0.6 is 0 Å². The fraction of sp³-hybridized carbons (Fsp3) is 0.778. The van der Waals surface area contributed by atoms with Crippen molar-refractivity contribution in [3.05, 3.63) is 0 Å². The van der Waals surface area contributed by atoms with Crippen molar-refractivity contribution in [2.75, 3.05) is 19.8 Å². The molecular formula is C9H16N2O4. The van der Waals surface area contributed by atoms with Gasteiger partial charge in [-0.3, -0.25) is 4.79 Å². The molecule has 0 aromatic carbocycles. The Hall–Kier alpha value is -1.30. The van der Waals surface area contributed by atoms with Crippen molar-refractivity contribution in [2.45, 2.75) is 25.3 Å². The molecule has 1 fully saturated rings. The van der Waals surface area contributed by atoms with Crippen LogP contribution in [0, 0.1) is 0 Å². The molecule has 1 saturated heterocycles. The van der Waals surface area contributed by atoms with E-state index < -0.39 is 12.1 Å². The Labute approximate surface area is 88.0 Å². The summed E-state index contributed by atoms with van der Waals surface area (Å²) in [4.78, 5) is 22.5. The predicted molar refractivity (Wildman–Crippen MR) is 52.2 cm³/mol. The van der Waals surface area contributed by atoms with E-state index in [1.807, 2.05) is 0 Å². The van der Waals surface area contributed by atoms with E-state index in [-0.39, 0.29) is 19.1 Å². The fourth-order valence-electron chi connectivity index (χ4n) is 1.40. The first-order valence-corrected chi connectivity index (χ1v) is 5.06. The Kier molecular flexibility index (Phi) is 4.89. The molecule has 0 bridgehead atoms. The normalized spacial score (nSPS) is 21.4. The summed E-state index contributed by atoms with van der Waals surface area (Å²) in [5.41, 5.74) is 0. The molecule has 86 valence electrons. The highest BCUT2D eigenvalue weighted by Gasteiger charge is 2.22. The van der Waals surface area contributed by atoms with Gasteiger partial charge in [-0.25, -0.2) is 4.79 Å². The van der Waals surface area contributed by atoms with Crippen molar-refractivity contribution in [1.29, 1.82) is 0 Å². The van der Waals surface area contributed by atoms with Gasteiger partial charge in [0.1, 0.15) is 12.6 Å².